The number of benzene rings is 1. The lowest BCUT2D eigenvalue weighted by atomic mass is 10.1. The molecule has 1 heterocycles. The number of phenolic OH excluding ortho intramolecular Hbond substituents is 1. The van der Waals surface area contributed by atoms with Gasteiger partial charge in [-0.15, -0.1) is 0 Å². The molecular weight excluding hydrogens is 242 g/mol. The van der Waals surface area contributed by atoms with E-state index in [1.165, 1.54) is 0 Å². The van der Waals surface area contributed by atoms with Crippen molar-refractivity contribution in [3.63, 3.8) is 0 Å². The lowest BCUT2D eigenvalue weighted by Crippen LogP contribution is -2.38. The number of nitrogens with zero attached hydrogens (tertiary/aromatic N) is 1. The van der Waals surface area contributed by atoms with Crippen LogP contribution in [-0.2, 0) is 4.74 Å². The zero-order chi connectivity index (χ0) is 13.5. The summed E-state index contributed by atoms with van der Waals surface area (Å²) >= 11 is 0. The molecule has 4 heteroatoms. The Kier molecular flexibility index (Phi) is 5.63. The van der Waals surface area contributed by atoms with E-state index < -0.39 is 0 Å². The van der Waals surface area contributed by atoms with E-state index in [0.717, 1.165) is 51.1 Å². The molecule has 1 aromatic carbocycles. The Morgan fingerprint density at radius 1 is 1.26 bits per heavy atom. The van der Waals surface area contributed by atoms with Crippen LogP contribution in [0.4, 0.5) is 0 Å². The van der Waals surface area contributed by atoms with Crippen LogP contribution in [0.1, 0.15) is 30.9 Å². The summed E-state index contributed by atoms with van der Waals surface area (Å²) in [4.78, 5) is 2.40. The quantitative estimate of drug-likeness (QED) is 0.772. The highest BCUT2D eigenvalue weighted by atomic mass is 16.5. The maximum Gasteiger partial charge on any atom is 0.115 e. The van der Waals surface area contributed by atoms with Gasteiger partial charge in [-0.1, -0.05) is 12.1 Å². The van der Waals surface area contributed by atoms with Crippen molar-refractivity contribution in [2.75, 3.05) is 32.8 Å². The molecule has 106 valence electrons. The minimum atomic E-state index is 0.0543. The third kappa shape index (κ3) is 4.49. The predicted molar refractivity (Wildman–Crippen MR) is 74.2 cm³/mol. The van der Waals surface area contributed by atoms with Gasteiger partial charge in [-0.05, 0) is 43.5 Å². The second kappa shape index (κ2) is 7.48. The number of aliphatic hydroxyl groups is 1. The summed E-state index contributed by atoms with van der Waals surface area (Å²) in [6, 6.07) is 7.31. The van der Waals surface area contributed by atoms with Crippen LogP contribution in [0.3, 0.4) is 0 Å². The molecular formula is C15H23NO3. The van der Waals surface area contributed by atoms with Gasteiger partial charge >= 0.3 is 0 Å². The Morgan fingerprint density at radius 3 is 2.95 bits per heavy atom. The minimum absolute atomic E-state index is 0.0543. The third-order valence-corrected chi connectivity index (χ3v) is 3.53. The predicted octanol–water partition coefficient (Wildman–Crippen LogP) is 1.93. The number of aromatic hydroxyl groups is 1. The Labute approximate surface area is 114 Å². The molecule has 1 fully saturated rings. The van der Waals surface area contributed by atoms with E-state index in [0.29, 0.717) is 5.75 Å². The van der Waals surface area contributed by atoms with Crippen molar-refractivity contribution in [3.05, 3.63) is 29.8 Å². The van der Waals surface area contributed by atoms with Crippen LogP contribution in [0.2, 0.25) is 0 Å². The van der Waals surface area contributed by atoms with Crippen LogP contribution in [0, 0.1) is 0 Å². The van der Waals surface area contributed by atoms with Gasteiger partial charge in [0.2, 0.25) is 0 Å². The summed E-state index contributed by atoms with van der Waals surface area (Å²) in [7, 11) is 0. The maximum atomic E-state index is 9.52. The molecule has 1 aliphatic heterocycles. The summed E-state index contributed by atoms with van der Waals surface area (Å²) in [5, 5.41) is 18.3. The SMILES string of the molecule is OCCCCCN1CCOC(c2cccc(O)c2)C1. The number of hydrogen-bond donors (Lipinski definition) is 2. The largest absolute Gasteiger partial charge is 0.508 e. The highest BCUT2D eigenvalue weighted by Crippen LogP contribution is 2.25. The number of hydrogen-bond acceptors (Lipinski definition) is 4. The van der Waals surface area contributed by atoms with Crippen LogP contribution in [0.15, 0.2) is 24.3 Å². The zero-order valence-corrected chi connectivity index (χ0v) is 11.3. The molecule has 0 radical (unpaired) electrons. The van der Waals surface area contributed by atoms with Gasteiger partial charge in [0, 0.05) is 19.7 Å². The fourth-order valence-corrected chi connectivity index (χ4v) is 2.46. The van der Waals surface area contributed by atoms with Crippen LogP contribution in [0.25, 0.3) is 0 Å². The lowest BCUT2D eigenvalue weighted by molar-refractivity contribution is -0.0305. The molecule has 0 spiro atoms. The van der Waals surface area contributed by atoms with E-state index in [2.05, 4.69) is 4.90 Å². The van der Waals surface area contributed by atoms with Gasteiger partial charge in [0.05, 0.1) is 12.7 Å². The second-order valence-corrected chi connectivity index (χ2v) is 5.04. The molecule has 4 nitrogen and oxygen atoms in total. The molecule has 0 aliphatic carbocycles. The average molecular weight is 265 g/mol. The van der Waals surface area contributed by atoms with Gasteiger partial charge in [-0.3, -0.25) is 4.90 Å². The van der Waals surface area contributed by atoms with Crippen molar-refractivity contribution < 1.29 is 14.9 Å². The van der Waals surface area contributed by atoms with Crippen molar-refractivity contribution in [2.45, 2.75) is 25.4 Å². The van der Waals surface area contributed by atoms with Crippen molar-refractivity contribution in [3.8, 4) is 5.75 Å². The lowest BCUT2D eigenvalue weighted by Gasteiger charge is -2.33. The van der Waals surface area contributed by atoms with E-state index in [-0.39, 0.29) is 12.7 Å². The molecule has 1 saturated heterocycles. The van der Waals surface area contributed by atoms with E-state index in [1.807, 2.05) is 12.1 Å². The standard InChI is InChI=1S/C15H23NO3/c17-9-3-1-2-7-16-8-10-19-15(12-16)13-5-4-6-14(18)11-13/h4-6,11,15,17-18H,1-3,7-10,12H2. The van der Waals surface area contributed by atoms with Gasteiger partial charge < -0.3 is 14.9 Å². The number of ether oxygens (including phenoxy) is 1. The van der Waals surface area contributed by atoms with Crippen molar-refractivity contribution in [1.82, 2.24) is 4.90 Å². The van der Waals surface area contributed by atoms with Crippen LogP contribution in [0.5, 0.6) is 5.75 Å². The van der Waals surface area contributed by atoms with Gasteiger partial charge in [-0.2, -0.15) is 0 Å². The smallest absolute Gasteiger partial charge is 0.115 e. The highest BCUT2D eigenvalue weighted by molar-refractivity contribution is 5.29. The van der Waals surface area contributed by atoms with Crippen LogP contribution in [-0.4, -0.2) is 48.0 Å². The highest BCUT2D eigenvalue weighted by Gasteiger charge is 2.21. The van der Waals surface area contributed by atoms with E-state index >= 15 is 0 Å². The van der Waals surface area contributed by atoms with Gasteiger partial charge in [0.1, 0.15) is 5.75 Å². The number of unbranched alkanes of at least 4 members (excludes halogenated alkanes) is 2. The molecule has 0 aromatic heterocycles. The first-order valence-corrected chi connectivity index (χ1v) is 7.03. The second-order valence-electron chi connectivity index (χ2n) is 5.04. The number of rotatable bonds is 6. The van der Waals surface area contributed by atoms with Crippen molar-refractivity contribution >= 4 is 0 Å². The summed E-state index contributed by atoms with van der Waals surface area (Å²) in [5.41, 5.74) is 1.04. The number of morpholine rings is 1. The topological polar surface area (TPSA) is 52.9 Å². The van der Waals surface area contributed by atoms with Crippen LogP contribution < -0.4 is 0 Å². The minimum Gasteiger partial charge on any atom is -0.508 e. The maximum absolute atomic E-state index is 9.52. The molecule has 2 rings (SSSR count). The molecule has 0 amide bonds. The van der Waals surface area contributed by atoms with Crippen molar-refractivity contribution in [1.29, 1.82) is 0 Å². The normalized spacial score (nSPS) is 20.6. The van der Waals surface area contributed by atoms with E-state index in [9.17, 15) is 5.11 Å². The first kappa shape index (κ1) is 14.3. The summed E-state index contributed by atoms with van der Waals surface area (Å²) < 4.78 is 5.78. The average Bonchev–Trinajstić information content (AvgIpc) is 2.44. The molecule has 1 unspecified atom stereocenters. The molecule has 2 N–H and O–H groups in total. The first-order chi connectivity index (χ1) is 9.29. The van der Waals surface area contributed by atoms with E-state index in [1.54, 1.807) is 12.1 Å². The van der Waals surface area contributed by atoms with Crippen molar-refractivity contribution in [2.24, 2.45) is 0 Å². The Hall–Kier alpha value is -1.10. The van der Waals surface area contributed by atoms with Gasteiger partial charge in [0.25, 0.3) is 0 Å². The monoisotopic (exact) mass is 265 g/mol. The van der Waals surface area contributed by atoms with Gasteiger partial charge in [0.15, 0.2) is 0 Å². The molecule has 1 aliphatic rings. The fourth-order valence-electron chi connectivity index (χ4n) is 2.46. The zero-order valence-electron chi connectivity index (χ0n) is 11.3. The Balaban J connectivity index is 1.83. The van der Waals surface area contributed by atoms with Crippen LogP contribution >= 0.6 is 0 Å². The molecule has 0 saturated carbocycles. The molecule has 1 atom stereocenters. The number of phenols is 1. The Morgan fingerprint density at radius 2 is 2.16 bits per heavy atom. The Bertz CT molecular complexity index is 383. The molecule has 19 heavy (non-hydrogen) atoms. The van der Waals surface area contributed by atoms with Gasteiger partial charge in [-0.25, -0.2) is 0 Å². The van der Waals surface area contributed by atoms with E-state index in [4.69, 9.17) is 9.84 Å². The summed E-state index contributed by atoms with van der Waals surface area (Å²) in [6.45, 7) is 3.92. The number of aliphatic hydroxyl groups excluding tert-OH is 1. The summed E-state index contributed by atoms with van der Waals surface area (Å²) in [5.74, 6) is 0.293. The summed E-state index contributed by atoms with van der Waals surface area (Å²) in [6.07, 6.45) is 3.14. The molecule has 1 aromatic rings. The molecule has 0 bridgehead atoms. The third-order valence-electron chi connectivity index (χ3n) is 3.53. The fraction of sp³-hybridized carbons (Fsp3) is 0.600. The first-order valence-electron chi connectivity index (χ1n) is 7.03.